The quantitative estimate of drug-likeness (QED) is 0.850. The van der Waals surface area contributed by atoms with E-state index in [0.717, 1.165) is 15.3 Å². The van der Waals surface area contributed by atoms with Crippen LogP contribution in [0.5, 0.6) is 0 Å². The highest BCUT2D eigenvalue weighted by molar-refractivity contribution is 7.12. The van der Waals surface area contributed by atoms with Crippen molar-refractivity contribution < 1.29 is 9.90 Å². The van der Waals surface area contributed by atoms with Crippen LogP contribution in [0.15, 0.2) is 36.4 Å². The smallest absolute Gasteiger partial charge is 0.251 e. The van der Waals surface area contributed by atoms with Crippen LogP contribution in [-0.2, 0) is 6.54 Å². The van der Waals surface area contributed by atoms with Crippen LogP contribution in [0.1, 0.15) is 25.7 Å². The lowest BCUT2D eigenvalue weighted by molar-refractivity contribution is 0.0951. The average molecular weight is 285 g/mol. The lowest BCUT2D eigenvalue weighted by Gasteiger charge is -2.03. The number of thiophene rings is 1. The molecule has 0 bridgehead atoms. The first-order valence-electron chi connectivity index (χ1n) is 6.22. The van der Waals surface area contributed by atoms with Gasteiger partial charge in [-0.3, -0.25) is 4.79 Å². The van der Waals surface area contributed by atoms with Crippen LogP contribution in [0.4, 0.5) is 0 Å². The molecule has 1 aromatic carbocycles. The molecule has 0 atom stereocenters. The summed E-state index contributed by atoms with van der Waals surface area (Å²) < 4.78 is 0. The van der Waals surface area contributed by atoms with Crippen LogP contribution in [0.2, 0.25) is 0 Å². The number of benzene rings is 1. The van der Waals surface area contributed by atoms with Gasteiger partial charge in [-0.15, -0.1) is 11.3 Å². The highest BCUT2D eigenvalue weighted by Crippen LogP contribution is 2.15. The van der Waals surface area contributed by atoms with Crippen LogP contribution >= 0.6 is 11.3 Å². The molecule has 0 saturated carbocycles. The summed E-state index contributed by atoms with van der Waals surface area (Å²) in [5.74, 6) is 5.37. The van der Waals surface area contributed by atoms with Crippen molar-refractivity contribution in [3.63, 3.8) is 0 Å². The monoisotopic (exact) mass is 285 g/mol. The van der Waals surface area contributed by atoms with Crippen molar-refractivity contribution in [2.75, 3.05) is 6.61 Å². The van der Waals surface area contributed by atoms with E-state index in [1.165, 1.54) is 11.3 Å². The summed E-state index contributed by atoms with van der Waals surface area (Å²) in [5, 5.41) is 11.5. The van der Waals surface area contributed by atoms with Gasteiger partial charge in [0.15, 0.2) is 0 Å². The number of aliphatic hydroxyl groups is 1. The molecule has 0 spiro atoms. The minimum absolute atomic E-state index is 0.0820. The van der Waals surface area contributed by atoms with E-state index >= 15 is 0 Å². The summed E-state index contributed by atoms with van der Waals surface area (Å²) in [6.07, 6.45) is 0. The topological polar surface area (TPSA) is 49.3 Å². The summed E-state index contributed by atoms with van der Waals surface area (Å²) in [6, 6.07) is 11.3. The maximum Gasteiger partial charge on any atom is 0.251 e. The number of aryl methyl sites for hydroxylation is 1. The predicted octanol–water partition coefficient (Wildman–Crippen LogP) is 2.33. The van der Waals surface area contributed by atoms with Crippen LogP contribution in [-0.4, -0.2) is 17.6 Å². The molecule has 0 aliphatic rings. The minimum Gasteiger partial charge on any atom is -0.384 e. The number of amides is 1. The molecule has 1 heterocycles. The number of carbonyl (C=O) groups is 1. The second kappa shape index (κ2) is 6.90. The first-order valence-corrected chi connectivity index (χ1v) is 7.04. The predicted molar refractivity (Wildman–Crippen MR) is 80.6 cm³/mol. The van der Waals surface area contributed by atoms with E-state index in [-0.39, 0.29) is 12.5 Å². The molecule has 2 rings (SSSR count). The number of aliphatic hydroxyl groups excluding tert-OH is 1. The van der Waals surface area contributed by atoms with Gasteiger partial charge in [0.2, 0.25) is 0 Å². The third kappa shape index (κ3) is 3.95. The van der Waals surface area contributed by atoms with Gasteiger partial charge in [-0.2, -0.15) is 0 Å². The van der Waals surface area contributed by atoms with Crippen molar-refractivity contribution in [2.24, 2.45) is 0 Å². The second-order valence-corrected chi connectivity index (χ2v) is 5.44. The Labute approximate surface area is 122 Å². The van der Waals surface area contributed by atoms with Crippen molar-refractivity contribution >= 4 is 17.2 Å². The lowest BCUT2D eigenvalue weighted by Crippen LogP contribution is -2.22. The van der Waals surface area contributed by atoms with E-state index in [1.54, 1.807) is 0 Å². The maximum atomic E-state index is 11.9. The van der Waals surface area contributed by atoms with Gasteiger partial charge in [-0.1, -0.05) is 29.5 Å². The first-order chi connectivity index (χ1) is 9.69. The zero-order valence-electron chi connectivity index (χ0n) is 11.1. The van der Waals surface area contributed by atoms with Gasteiger partial charge in [0.25, 0.3) is 5.91 Å². The van der Waals surface area contributed by atoms with E-state index in [4.69, 9.17) is 5.11 Å². The zero-order valence-corrected chi connectivity index (χ0v) is 12.0. The largest absolute Gasteiger partial charge is 0.384 e. The van der Waals surface area contributed by atoms with Crippen LogP contribution in [0.3, 0.4) is 0 Å². The van der Waals surface area contributed by atoms with Gasteiger partial charge in [-0.05, 0) is 31.2 Å². The van der Waals surface area contributed by atoms with Crippen LogP contribution in [0, 0.1) is 18.8 Å². The molecule has 0 radical (unpaired) electrons. The number of hydrogen-bond acceptors (Lipinski definition) is 3. The SMILES string of the molecule is Cc1ccc(C(=O)NCc2ccc(C#CCO)s2)cc1. The molecule has 0 aliphatic carbocycles. The Hall–Kier alpha value is -2.09. The molecule has 0 fully saturated rings. The number of rotatable bonds is 3. The molecule has 102 valence electrons. The zero-order chi connectivity index (χ0) is 14.4. The summed E-state index contributed by atoms with van der Waals surface area (Å²) >= 11 is 1.51. The fraction of sp³-hybridized carbons (Fsp3) is 0.188. The molecule has 20 heavy (non-hydrogen) atoms. The summed E-state index contributed by atoms with van der Waals surface area (Å²) in [4.78, 5) is 13.9. The molecule has 2 aromatic rings. The van der Waals surface area contributed by atoms with E-state index in [2.05, 4.69) is 17.2 Å². The van der Waals surface area contributed by atoms with Crippen molar-refractivity contribution in [1.82, 2.24) is 5.32 Å². The van der Waals surface area contributed by atoms with Gasteiger partial charge in [0.05, 0.1) is 11.4 Å². The Bertz CT molecular complexity index is 647. The summed E-state index contributed by atoms with van der Waals surface area (Å²) in [6.45, 7) is 2.33. The van der Waals surface area contributed by atoms with Crippen molar-refractivity contribution in [3.05, 3.63) is 57.3 Å². The molecule has 2 N–H and O–H groups in total. The van der Waals surface area contributed by atoms with Gasteiger partial charge < -0.3 is 10.4 Å². The van der Waals surface area contributed by atoms with Crippen molar-refractivity contribution in [1.29, 1.82) is 0 Å². The minimum atomic E-state index is -0.141. The number of carbonyl (C=O) groups excluding carboxylic acids is 1. The van der Waals surface area contributed by atoms with E-state index < -0.39 is 0 Å². The number of nitrogens with one attached hydrogen (secondary N) is 1. The van der Waals surface area contributed by atoms with E-state index in [1.807, 2.05) is 43.3 Å². The Morgan fingerprint density at radius 3 is 2.70 bits per heavy atom. The molecule has 1 aromatic heterocycles. The van der Waals surface area contributed by atoms with E-state index in [9.17, 15) is 4.79 Å². The molecule has 4 heteroatoms. The summed E-state index contributed by atoms with van der Waals surface area (Å²) in [7, 11) is 0. The Morgan fingerprint density at radius 1 is 1.25 bits per heavy atom. The highest BCUT2D eigenvalue weighted by atomic mass is 32.1. The second-order valence-electron chi connectivity index (χ2n) is 4.27. The Morgan fingerprint density at radius 2 is 2.00 bits per heavy atom. The third-order valence-corrected chi connectivity index (χ3v) is 3.69. The molecular weight excluding hydrogens is 270 g/mol. The van der Waals surface area contributed by atoms with Crippen molar-refractivity contribution in [2.45, 2.75) is 13.5 Å². The molecule has 0 unspecified atom stereocenters. The first kappa shape index (κ1) is 14.3. The molecular formula is C16H15NO2S. The molecule has 1 amide bonds. The Balaban J connectivity index is 1.93. The Kier molecular flexibility index (Phi) is 4.94. The van der Waals surface area contributed by atoms with E-state index in [0.29, 0.717) is 12.1 Å². The van der Waals surface area contributed by atoms with Gasteiger partial charge in [0, 0.05) is 10.4 Å². The van der Waals surface area contributed by atoms with Crippen LogP contribution < -0.4 is 5.32 Å². The number of hydrogen-bond donors (Lipinski definition) is 2. The maximum absolute atomic E-state index is 11.9. The average Bonchev–Trinajstić information content (AvgIpc) is 2.91. The standard InChI is InChI=1S/C16H15NO2S/c1-12-4-6-13(7-5-12)16(19)17-11-15-9-8-14(20-15)3-2-10-18/h4-9,18H,10-11H2,1H3,(H,17,19). The fourth-order valence-electron chi connectivity index (χ4n) is 1.64. The fourth-order valence-corrected chi connectivity index (χ4v) is 2.46. The molecule has 0 saturated heterocycles. The summed E-state index contributed by atoms with van der Waals surface area (Å²) in [5.41, 5.74) is 1.79. The van der Waals surface area contributed by atoms with Crippen LogP contribution in [0.25, 0.3) is 0 Å². The molecule has 0 aliphatic heterocycles. The van der Waals surface area contributed by atoms with Gasteiger partial charge >= 0.3 is 0 Å². The highest BCUT2D eigenvalue weighted by Gasteiger charge is 2.05. The lowest BCUT2D eigenvalue weighted by atomic mass is 10.1. The third-order valence-electron chi connectivity index (χ3n) is 2.69. The normalized spacial score (nSPS) is 9.70. The van der Waals surface area contributed by atoms with Gasteiger partial charge in [0.1, 0.15) is 6.61 Å². The van der Waals surface area contributed by atoms with Crippen molar-refractivity contribution in [3.8, 4) is 11.8 Å². The molecule has 3 nitrogen and oxygen atoms in total. The van der Waals surface area contributed by atoms with Gasteiger partial charge in [-0.25, -0.2) is 0 Å².